The van der Waals surface area contributed by atoms with Crippen molar-refractivity contribution >= 4 is 48.3 Å². The number of rotatable bonds is 6. The van der Waals surface area contributed by atoms with Crippen LogP contribution >= 0.6 is 11.3 Å². The molecule has 0 bridgehead atoms. The second-order valence-electron chi connectivity index (χ2n) is 7.91. The number of aromatic nitrogens is 1. The first kappa shape index (κ1) is 21.7. The van der Waals surface area contributed by atoms with Crippen molar-refractivity contribution in [2.24, 2.45) is 5.92 Å². The van der Waals surface area contributed by atoms with Gasteiger partial charge in [-0.05, 0) is 61.6 Å². The van der Waals surface area contributed by atoms with Gasteiger partial charge in [0, 0.05) is 32.2 Å². The highest BCUT2D eigenvalue weighted by atomic mass is 32.2. The van der Waals surface area contributed by atoms with Gasteiger partial charge in [0.25, 0.3) is 0 Å². The monoisotopic (exact) mass is 458 g/mol. The zero-order valence-corrected chi connectivity index (χ0v) is 19.2. The third-order valence-corrected chi connectivity index (χ3v) is 8.20. The minimum atomic E-state index is -3.61. The molecule has 0 aliphatic carbocycles. The van der Waals surface area contributed by atoms with E-state index in [1.807, 2.05) is 18.2 Å². The average Bonchev–Trinajstić information content (AvgIpc) is 3.16. The summed E-state index contributed by atoms with van der Waals surface area (Å²) >= 11 is 1.70. The van der Waals surface area contributed by atoms with E-state index in [0.717, 1.165) is 36.6 Å². The lowest BCUT2D eigenvalue weighted by molar-refractivity contribution is -0.114. The first-order valence-electron chi connectivity index (χ1n) is 10.3. The summed E-state index contributed by atoms with van der Waals surface area (Å²) in [4.78, 5) is 18.5. The zero-order chi connectivity index (χ0) is 22.0. The van der Waals surface area contributed by atoms with Gasteiger partial charge in [0.15, 0.2) is 5.13 Å². The van der Waals surface area contributed by atoms with Crippen LogP contribution in [0.25, 0.3) is 10.2 Å². The largest absolute Gasteiger partial charge is 0.348 e. The Kier molecular flexibility index (Phi) is 6.27. The van der Waals surface area contributed by atoms with Crippen LogP contribution in [0.1, 0.15) is 25.3 Å². The van der Waals surface area contributed by atoms with Gasteiger partial charge in [0.05, 0.1) is 15.1 Å². The minimum Gasteiger partial charge on any atom is -0.348 e. The van der Waals surface area contributed by atoms with Gasteiger partial charge in [-0.3, -0.25) is 4.79 Å². The summed E-state index contributed by atoms with van der Waals surface area (Å²) in [5, 5.41) is 3.71. The number of carbonyl (C=O) groups excluding carboxylic acids is 1. The summed E-state index contributed by atoms with van der Waals surface area (Å²) < 4.78 is 29.6. The fourth-order valence-corrected chi connectivity index (χ4v) is 6.22. The van der Waals surface area contributed by atoms with Crippen LogP contribution in [0.2, 0.25) is 0 Å². The molecule has 1 aliphatic rings. The Hall–Kier alpha value is -2.49. The lowest BCUT2D eigenvalue weighted by Crippen LogP contribution is -2.38. The predicted octanol–water partition coefficient (Wildman–Crippen LogP) is 3.76. The van der Waals surface area contributed by atoms with Gasteiger partial charge in [0.2, 0.25) is 15.9 Å². The zero-order valence-electron chi connectivity index (χ0n) is 17.6. The van der Waals surface area contributed by atoms with E-state index < -0.39 is 10.0 Å². The smallest absolute Gasteiger partial charge is 0.240 e. The quantitative estimate of drug-likeness (QED) is 0.587. The average molecular weight is 459 g/mol. The van der Waals surface area contributed by atoms with Crippen LogP contribution in [0, 0.1) is 12.8 Å². The summed E-state index contributed by atoms with van der Waals surface area (Å²) in [5.74, 6) is 0.102. The summed E-state index contributed by atoms with van der Waals surface area (Å²) in [6, 6.07) is 13.0. The molecule has 4 rings (SSSR count). The number of anilines is 2. The normalized spacial score (nSPS) is 15.4. The Morgan fingerprint density at radius 2 is 1.94 bits per heavy atom. The Labute approximate surface area is 186 Å². The number of aryl methyl sites for hydroxylation is 1. The Balaban J connectivity index is 1.34. The number of nitrogens with one attached hydrogen (secondary N) is 2. The van der Waals surface area contributed by atoms with E-state index >= 15 is 0 Å². The number of thiazole rings is 1. The van der Waals surface area contributed by atoms with Crippen molar-refractivity contribution in [3.05, 3.63) is 48.0 Å². The van der Waals surface area contributed by atoms with Gasteiger partial charge in [0.1, 0.15) is 0 Å². The van der Waals surface area contributed by atoms with Crippen LogP contribution < -0.4 is 14.9 Å². The van der Waals surface area contributed by atoms with Crippen LogP contribution in [0.15, 0.2) is 47.4 Å². The van der Waals surface area contributed by atoms with Crippen molar-refractivity contribution in [1.29, 1.82) is 0 Å². The van der Waals surface area contributed by atoms with Crippen LogP contribution in [0.5, 0.6) is 0 Å². The second-order valence-corrected chi connectivity index (χ2v) is 10.7. The van der Waals surface area contributed by atoms with E-state index in [-0.39, 0.29) is 10.8 Å². The Morgan fingerprint density at radius 1 is 1.19 bits per heavy atom. The van der Waals surface area contributed by atoms with E-state index in [1.54, 1.807) is 36.5 Å². The third-order valence-electron chi connectivity index (χ3n) is 5.51. The molecular weight excluding hydrogens is 432 g/mol. The van der Waals surface area contributed by atoms with Gasteiger partial charge < -0.3 is 10.2 Å². The first-order chi connectivity index (χ1) is 14.8. The number of carbonyl (C=O) groups is 1. The molecule has 1 fully saturated rings. The number of para-hydroxylation sites is 1. The van der Waals surface area contributed by atoms with E-state index in [2.05, 4.69) is 21.0 Å². The van der Waals surface area contributed by atoms with Crippen molar-refractivity contribution < 1.29 is 13.2 Å². The summed E-state index contributed by atoms with van der Waals surface area (Å²) in [6.07, 6.45) is 1.83. The van der Waals surface area contributed by atoms with E-state index in [4.69, 9.17) is 4.98 Å². The van der Waals surface area contributed by atoms with Gasteiger partial charge in [-0.2, -0.15) is 0 Å². The van der Waals surface area contributed by atoms with Crippen molar-refractivity contribution in [1.82, 2.24) is 9.71 Å². The SMILES string of the molecule is CC(=O)Nc1ccc(S(=O)(=O)NCC2CCN(c3nc4ccccc4s3)CC2)c(C)c1. The lowest BCUT2D eigenvalue weighted by atomic mass is 9.97. The van der Waals surface area contributed by atoms with Crippen molar-refractivity contribution in [2.45, 2.75) is 31.6 Å². The van der Waals surface area contributed by atoms with E-state index in [1.165, 1.54) is 11.6 Å². The van der Waals surface area contributed by atoms with Gasteiger partial charge in [-0.1, -0.05) is 23.5 Å². The topological polar surface area (TPSA) is 91.4 Å². The van der Waals surface area contributed by atoms with E-state index in [0.29, 0.717) is 23.7 Å². The molecule has 1 aromatic heterocycles. The molecule has 2 aromatic carbocycles. The summed E-state index contributed by atoms with van der Waals surface area (Å²) in [7, 11) is -3.61. The highest BCUT2D eigenvalue weighted by Gasteiger charge is 2.24. The molecule has 1 aliphatic heterocycles. The number of benzene rings is 2. The first-order valence-corrected chi connectivity index (χ1v) is 12.6. The minimum absolute atomic E-state index is 0.190. The molecule has 0 radical (unpaired) electrons. The molecule has 31 heavy (non-hydrogen) atoms. The molecule has 0 atom stereocenters. The Morgan fingerprint density at radius 3 is 2.61 bits per heavy atom. The maximum Gasteiger partial charge on any atom is 0.240 e. The molecule has 2 heterocycles. The number of piperidine rings is 1. The van der Waals surface area contributed by atoms with Gasteiger partial charge in [-0.15, -0.1) is 0 Å². The molecule has 0 spiro atoms. The molecule has 7 nitrogen and oxygen atoms in total. The van der Waals surface area contributed by atoms with Crippen LogP contribution in [0.4, 0.5) is 10.8 Å². The standard InChI is InChI=1S/C22H26N4O3S2/c1-15-13-18(24-16(2)27)7-8-21(15)31(28,29)23-14-17-9-11-26(12-10-17)22-25-19-5-3-4-6-20(19)30-22/h3-8,13,17,23H,9-12,14H2,1-2H3,(H,24,27). The maximum absolute atomic E-state index is 12.8. The fourth-order valence-electron chi connectivity index (χ4n) is 3.86. The van der Waals surface area contributed by atoms with Crippen LogP contribution in [-0.2, 0) is 14.8 Å². The number of hydrogen-bond acceptors (Lipinski definition) is 6. The second kappa shape index (κ2) is 8.94. The van der Waals surface area contributed by atoms with Crippen LogP contribution in [-0.4, -0.2) is 38.9 Å². The highest BCUT2D eigenvalue weighted by molar-refractivity contribution is 7.89. The fraction of sp³-hybridized carbons (Fsp3) is 0.364. The number of nitrogens with zero attached hydrogens (tertiary/aromatic N) is 2. The molecule has 1 saturated heterocycles. The van der Waals surface area contributed by atoms with E-state index in [9.17, 15) is 13.2 Å². The molecule has 9 heteroatoms. The van der Waals surface area contributed by atoms with Gasteiger partial charge in [-0.25, -0.2) is 18.1 Å². The van der Waals surface area contributed by atoms with Crippen molar-refractivity contribution in [3.63, 3.8) is 0 Å². The molecule has 3 aromatic rings. The molecule has 1 amide bonds. The Bertz CT molecular complexity index is 1170. The number of amides is 1. The summed E-state index contributed by atoms with van der Waals surface area (Å²) in [6.45, 7) is 5.32. The number of sulfonamides is 1. The molecule has 2 N–H and O–H groups in total. The molecule has 0 unspecified atom stereocenters. The highest BCUT2D eigenvalue weighted by Crippen LogP contribution is 2.31. The van der Waals surface area contributed by atoms with Crippen molar-refractivity contribution in [3.8, 4) is 0 Å². The lowest BCUT2D eigenvalue weighted by Gasteiger charge is -2.31. The maximum atomic E-state index is 12.8. The van der Waals surface area contributed by atoms with Crippen molar-refractivity contribution in [2.75, 3.05) is 29.9 Å². The number of hydrogen-bond donors (Lipinski definition) is 2. The molecule has 0 saturated carbocycles. The van der Waals surface area contributed by atoms with Gasteiger partial charge >= 0.3 is 0 Å². The molecule has 164 valence electrons. The number of fused-ring (bicyclic) bond motifs is 1. The molecular formula is C22H26N4O3S2. The third kappa shape index (κ3) is 5.06. The van der Waals surface area contributed by atoms with Crippen LogP contribution in [0.3, 0.4) is 0 Å². The predicted molar refractivity (Wildman–Crippen MR) is 125 cm³/mol. The summed E-state index contributed by atoms with van der Waals surface area (Å²) in [5.41, 5.74) is 2.22.